The van der Waals surface area contributed by atoms with E-state index in [0.29, 0.717) is 17.5 Å². The average molecular weight is 273 g/mol. The summed E-state index contributed by atoms with van der Waals surface area (Å²) >= 11 is 1.23. The first kappa shape index (κ1) is 15.4. The Morgan fingerprint density at radius 1 is 1.39 bits per heavy atom. The molecule has 0 aromatic heterocycles. The molecule has 3 N–H and O–H groups in total. The number of hydrogen-bond acceptors (Lipinski definition) is 4. The molecule has 3 nitrogen and oxygen atoms in total. The van der Waals surface area contributed by atoms with E-state index in [2.05, 4.69) is 5.32 Å². The molecule has 0 heterocycles. The molecule has 1 aromatic carbocycles. The smallest absolute Gasteiger partial charge is 0.137 e. The van der Waals surface area contributed by atoms with Crippen molar-refractivity contribution < 1.29 is 14.6 Å². The highest BCUT2D eigenvalue weighted by molar-refractivity contribution is 7.99. The lowest BCUT2D eigenvalue weighted by atomic mass is 10.2. The van der Waals surface area contributed by atoms with Gasteiger partial charge >= 0.3 is 0 Å². The highest BCUT2D eigenvalue weighted by Gasteiger charge is 2.11. The van der Waals surface area contributed by atoms with Crippen LogP contribution in [0.3, 0.4) is 0 Å². The van der Waals surface area contributed by atoms with Crippen molar-refractivity contribution in [3.63, 3.8) is 0 Å². The Morgan fingerprint density at radius 3 is 2.72 bits per heavy atom. The maximum atomic E-state index is 13.7. The van der Waals surface area contributed by atoms with Crippen LogP contribution in [0, 0.1) is 5.82 Å². The molecule has 0 saturated heterocycles. The summed E-state index contributed by atoms with van der Waals surface area (Å²) in [5, 5.41) is 21.3. The minimum atomic E-state index is -0.819. The quantitative estimate of drug-likeness (QED) is 0.663. The van der Waals surface area contributed by atoms with E-state index in [1.54, 1.807) is 6.07 Å². The van der Waals surface area contributed by atoms with Gasteiger partial charge in [0.15, 0.2) is 0 Å². The van der Waals surface area contributed by atoms with Crippen LogP contribution < -0.4 is 5.32 Å². The fourth-order valence-electron chi connectivity index (χ4n) is 1.40. The third-order valence-electron chi connectivity index (χ3n) is 2.38. The van der Waals surface area contributed by atoms with Crippen molar-refractivity contribution in [3.05, 3.63) is 29.6 Å². The van der Waals surface area contributed by atoms with E-state index in [4.69, 9.17) is 5.11 Å². The highest BCUT2D eigenvalue weighted by atomic mass is 32.2. The zero-order chi connectivity index (χ0) is 13.5. The first-order valence-corrected chi connectivity index (χ1v) is 6.95. The normalized spacial score (nSPS) is 13.0. The van der Waals surface area contributed by atoms with E-state index >= 15 is 0 Å². The molecule has 0 aliphatic heterocycles. The van der Waals surface area contributed by atoms with Gasteiger partial charge < -0.3 is 15.5 Å². The number of rotatable bonds is 7. The zero-order valence-corrected chi connectivity index (χ0v) is 11.5. The Hall–Kier alpha value is -0.620. The molecule has 5 heteroatoms. The van der Waals surface area contributed by atoms with E-state index in [9.17, 15) is 9.50 Å². The van der Waals surface area contributed by atoms with Crippen LogP contribution >= 0.6 is 11.8 Å². The molecule has 0 aliphatic rings. The van der Waals surface area contributed by atoms with Gasteiger partial charge in [-0.15, -0.1) is 11.8 Å². The fourth-order valence-corrected chi connectivity index (χ4v) is 2.40. The Balaban J connectivity index is 2.73. The lowest BCUT2D eigenvalue weighted by molar-refractivity contribution is 0.113. The molecule has 0 bridgehead atoms. The third kappa shape index (κ3) is 4.94. The lowest BCUT2D eigenvalue weighted by Crippen LogP contribution is -2.22. The monoisotopic (exact) mass is 273 g/mol. The fraction of sp³-hybridized carbons (Fsp3) is 0.538. The van der Waals surface area contributed by atoms with Crippen LogP contribution in [0.25, 0.3) is 0 Å². The first-order chi connectivity index (χ1) is 8.54. The van der Waals surface area contributed by atoms with Crippen LogP contribution in [-0.4, -0.2) is 34.7 Å². The molecule has 1 unspecified atom stereocenters. The largest absolute Gasteiger partial charge is 0.394 e. The van der Waals surface area contributed by atoms with Crippen molar-refractivity contribution in [3.8, 4) is 0 Å². The topological polar surface area (TPSA) is 52.5 Å². The van der Waals surface area contributed by atoms with E-state index in [1.807, 2.05) is 19.9 Å². The van der Waals surface area contributed by atoms with Crippen molar-refractivity contribution in [1.29, 1.82) is 0 Å². The number of thioether (sulfide) groups is 1. The van der Waals surface area contributed by atoms with Gasteiger partial charge in [-0.1, -0.05) is 26.0 Å². The summed E-state index contributed by atoms with van der Waals surface area (Å²) in [6, 6.07) is 5.28. The van der Waals surface area contributed by atoms with E-state index in [0.717, 1.165) is 5.56 Å². The minimum Gasteiger partial charge on any atom is -0.394 e. The first-order valence-electron chi connectivity index (χ1n) is 5.97. The van der Waals surface area contributed by atoms with Crippen molar-refractivity contribution in [2.24, 2.45) is 0 Å². The molecule has 0 spiro atoms. The van der Waals surface area contributed by atoms with Gasteiger partial charge in [0, 0.05) is 23.2 Å². The molecular formula is C13H20FNO2S. The predicted octanol–water partition coefficient (Wildman–Crippen LogP) is 1.77. The van der Waals surface area contributed by atoms with Crippen molar-refractivity contribution in [2.45, 2.75) is 37.4 Å². The lowest BCUT2D eigenvalue weighted by Gasteiger charge is -2.14. The standard InChI is InChI=1S/C13H20FNO2S/c1-9(2)15-6-10-4-3-5-12(14)13(10)18-8-11(17)7-16/h3-5,9,11,15-17H,6-8H2,1-2H3. The molecule has 1 aromatic rings. The number of aliphatic hydroxyl groups excluding tert-OH is 2. The highest BCUT2D eigenvalue weighted by Crippen LogP contribution is 2.26. The number of benzene rings is 1. The molecule has 0 aliphatic carbocycles. The Kier molecular flexibility index (Phi) is 6.63. The predicted molar refractivity (Wildman–Crippen MR) is 72.2 cm³/mol. The van der Waals surface area contributed by atoms with Crippen molar-refractivity contribution in [1.82, 2.24) is 5.32 Å². The summed E-state index contributed by atoms with van der Waals surface area (Å²) in [6.07, 6.45) is -0.819. The summed E-state index contributed by atoms with van der Waals surface area (Å²) in [5.74, 6) is -0.000237. The maximum absolute atomic E-state index is 13.7. The van der Waals surface area contributed by atoms with Crippen LogP contribution in [0.4, 0.5) is 4.39 Å². The molecular weight excluding hydrogens is 253 g/mol. The molecule has 1 atom stereocenters. The van der Waals surface area contributed by atoms with Crippen molar-refractivity contribution >= 4 is 11.8 Å². The van der Waals surface area contributed by atoms with Gasteiger partial charge in [0.1, 0.15) is 5.82 Å². The summed E-state index contributed by atoms with van der Waals surface area (Å²) in [7, 11) is 0. The second-order valence-corrected chi connectivity index (χ2v) is 5.44. The molecule has 102 valence electrons. The number of halogens is 1. The number of nitrogens with one attached hydrogen (secondary N) is 1. The Morgan fingerprint density at radius 2 is 2.11 bits per heavy atom. The second kappa shape index (κ2) is 7.74. The second-order valence-electron chi connectivity index (χ2n) is 4.41. The third-order valence-corrected chi connectivity index (χ3v) is 3.68. The summed E-state index contributed by atoms with van der Waals surface area (Å²) in [4.78, 5) is 0.540. The number of hydrogen-bond donors (Lipinski definition) is 3. The van der Waals surface area contributed by atoms with Gasteiger partial charge in [-0.25, -0.2) is 4.39 Å². The van der Waals surface area contributed by atoms with Gasteiger partial charge in [0.05, 0.1) is 12.7 Å². The Bertz CT molecular complexity index is 374. The molecule has 1 rings (SSSR count). The number of aliphatic hydroxyl groups is 2. The summed E-state index contributed by atoms with van der Waals surface area (Å²) in [5.41, 5.74) is 0.874. The molecule has 0 fully saturated rings. The van der Waals surface area contributed by atoms with Crippen LogP contribution in [0.2, 0.25) is 0 Å². The molecule has 0 amide bonds. The minimum absolute atomic E-state index is 0.284. The Labute approximate surface area is 111 Å². The summed E-state index contributed by atoms with van der Waals surface area (Å²) < 4.78 is 13.7. The SMILES string of the molecule is CC(C)NCc1cccc(F)c1SCC(O)CO. The molecule has 0 radical (unpaired) electrons. The van der Waals surface area contributed by atoms with E-state index in [-0.39, 0.29) is 18.2 Å². The zero-order valence-electron chi connectivity index (χ0n) is 10.7. The van der Waals surface area contributed by atoms with Crippen molar-refractivity contribution in [2.75, 3.05) is 12.4 Å². The molecule has 0 saturated carbocycles. The van der Waals surface area contributed by atoms with E-state index in [1.165, 1.54) is 17.8 Å². The van der Waals surface area contributed by atoms with Crippen LogP contribution in [0.5, 0.6) is 0 Å². The van der Waals surface area contributed by atoms with E-state index < -0.39 is 6.10 Å². The van der Waals surface area contributed by atoms with Gasteiger partial charge in [-0.2, -0.15) is 0 Å². The average Bonchev–Trinajstić information content (AvgIpc) is 2.34. The van der Waals surface area contributed by atoms with Crippen LogP contribution in [-0.2, 0) is 6.54 Å². The summed E-state index contributed by atoms with van der Waals surface area (Å²) in [6.45, 7) is 4.34. The van der Waals surface area contributed by atoms with Gasteiger partial charge in [-0.3, -0.25) is 0 Å². The van der Waals surface area contributed by atoms with Crippen LogP contribution in [0.15, 0.2) is 23.1 Å². The van der Waals surface area contributed by atoms with Gasteiger partial charge in [-0.05, 0) is 11.6 Å². The van der Waals surface area contributed by atoms with Gasteiger partial charge in [0.2, 0.25) is 0 Å². The maximum Gasteiger partial charge on any atom is 0.137 e. The molecule has 18 heavy (non-hydrogen) atoms. The van der Waals surface area contributed by atoms with Crippen LogP contribution in [0.1, 0.15) is 19.4 Å². The van der Waals surface area contributed by atoms with Gasteiger partial charge in [0.25, 0.3) is 0 Å².